The Labute approximate surface area is 150 Å². The van der Waals surface area contributed by atoms with Crippen LogP contribution in [-0.4, -0.2) is 42.3 Å². The quantitative estimate of drug-likeness (QED) is 0.356. The largest absolute Gasteiger partial charge is 0.361 e. The molecule has 1 rings (SSSR count). The van der Waals surface area contributed by atoms with Crippen molar-refractivity contribution in [1.82, 2.24) is 21.1 Å². The van der Waals surface area contributed by atoms with Gasteiger partial charge in [0.1, 0.15) is 0 Å². The minimum atomic E-state index is 0.472. The van der Waals surface area contributed by atoms with Gasteiger partial charge >= 0.3 is 0 Å². The zero-order valence-corrected chi connectivity index (χ0v) is 15.9. The van der Waals surface area contributed by atoms with Crippen LogP contribution in [0.25, 0.3) is 0 Å². The number of thiocarbonyl (C=S) groups is 2. The number of hydrazine groups is 1. The van der Waals surface area contributed by atoms with E-state index in [1.165, 1.54) is 5.56 Å². The minimum Gasteiger partial charge on any atom is -0.361 e. The van der Waals surface area contributed by atoms with Crippen LogP contribution in [0.1, 0.15) is 31.7 Å². The summed E-state index contributed by atoms with van der Waals surface area (Å²) in [5.74, 6) is 0.520. The Kier molecular flexibility index (Phi) is 8.83. The lowest BCUT2D eigenvalue weighted by Crippen LogP contribution is -2.48. The van der Waals surface area contributed by atoms with Crippen molar-refractivity contribution in [2.45, 2.75) is 26.2 Å². The summed E-state index contributed by atoms with van der Waals surface area (Å²) in [6.45, 7) is 6.19. The first-order valence-electron chi connectivity index (χ1n) is 7.74. The molecule has 7 heteroatoms. The summed E-state index contributed by atoms with van der Waals surface area (Å²) in [5, 5.41) is 7.23. The molecule has 1 aromatic rings. The molecule has 23 heavy (non-hydrogen) atoms. The van der Waals surface area contributed by atoms with E-state index < -0.39 is 0 Å². The number of nitrogens with one attached hydrogen (secondary N) is 4. The summed E-state index contributed by atoms with van der Waals surface area (Å²) in [6, 6.07) is 8.22. The van der Waals surface area contributed by atoms with Crippen molar-refractivity contribution in [2.24, 2.45) is 0 Å². The van der Waals surface area contributed by atoms with Gasteiger partial charge in [-0.15, -0.1) is 0 Å². The minimum absolute atomic E-state index is 0.472. The lowest BCUT2D eigenvalue weighted by Gasteiger charge is -2.15. The third-order valence-corrected chi connectivity index (χ3v) is 3.64. The Morgan fingerprint density at radius 1 is 1.04 bits per heavy atom. The van der Waals surface area contributed by atoms with Gasteiger partial charge in [0, 0.05) is 12.2 Å². The number of benzene rings is 1. The molecule has 0 spiro atoms. The summed E-state index contributed by atoms with van der Waals surface area (Å²) >= 11 is 10.4. The molecule has 0 saturated carbocycles. The van der Waals surface area contributed by atoms with Crippen molar-refractivity contribution in [2.75, 3.05) is 32.5 Å². The van der Waals surface area contributed by atoms with Crippen molar-refractivity contribution in [3.8, 4) is 0 Å². The molecule has 0 unspecified atom stereocenters. The van der Waals surface area contributed by atoms with E-state index in [4.69, 9.17) is 24.4 Å². The van der Waals surface area contributed by atoms with Gasteiger partial charge in [-0.2, -0.15) is 0 Å². The molecule has 4 N–H and O–H groups in total. The second-order valence-corrected chi connectivity index (χ2v) is 6.71. The molecule has 1 aromatic carbocycles. The molecule has 0 heterocycles. The standard InChI is InChI=1S/C16H27N5S2/c1-12(2)13-6-8-14(9-7-13)18-16(23)20-19-15(22)17-10-5-11-21(3)4/h6-9,12H,5,10-11H2,1-4H3,(H2,17,19,22)(H2,18,20,23). The van der Waals surface area contributed by atoms with Crippen LogP contribution >= 0.6 is 24.4 Å². The highest BCUT2D eigenvalue weighted by molar-refractivity contribution is 7.80. The number of hydrogen-bond acceptors (Lipinski definition) is 3. The van der Waals surface area contributed by atoms with Crippen molar-refractivity contribution < 1.29 is 0 Å². The van der Waals surface area contributed by atoms with Gasteiger partial charge < -0.3 is 15.5 Å². The zero-order chi connectivity index (χ0) is 17.2. The molecule has 0 aliphatic rings. The van der Waals surface area contributed by atoms with Crippen LogP contribution in [0.3, 0.4) is 0 Å². The lowest BCUT2D eigenvalue weighted by atomic mass is 10.0. The fraction of sp³-hybridized carbons (Fsp3) is 0.500. The second kappa shape index (κ2) is 10.4. The molecule has 0 aliphatic heterocycles. The van der Waals surface area contributed by atoms with Gasteiger partial charge in [-0.05, 0) is 75.1 Å². The van der Waals surface area contributed by atoms with Gasteiger partial charge in [-0.1, -0.05) is 26.0 Å². The fourth-order valence-corrected chi connectivity index (χ4v) is 2.19. The van der Waals surface area contributed by atoms with Gasteiger partial charge in [0.05, 0.1) is 0 Å². The number of rotatable bonds is 6. The highest BCUT2D eigenvalue weighted by Gasteiger charge is 2.01. The van der Waals surface area contributed by atoms with E-state index in [2.05, 4.69) is 66.5 Å². The molecule has 0 saturated heterocycles. The first kappa shape index (κ1) is 19.6. The van der Waals surface area contributed by atoms with Crippen LogP contribution in [0.5, 0.6) is 0 Å². The first-order valence-corrected chi connectivity index (χ1v) is 8.55. The highest BCUT2D eigenvalue weighted by atomic mass is 32.1. The van der Waals surface area contributed by atoms with Gasteiger partial charge in [-0.25, -0.2) is 0 Å². The molecule has 0 aromatic heterocycles. The maximum absolute atomic E-state index is 5.23. The topological polar surface area (TPSA) is 51.4 Å². The summed E-state index contributed by atoms with van der Waals surface area (Å²) < 4.78 is 0. The smallest absolute Gasteiger partial charge is 0.189 e. The summed E-state index contributed by atoms with van der Waals surface area (Å²) in [7, 11) is 4.10. The van der Waals surface area contributed by atoms with Gasteiger partial charge in [0.15, 0.2) is 10.2 Å². The van der Waals surface area contributed by atoms with E-state index in [-0.39, 0.29) is 0 Å². The van der Waals surface area contributed by atoms with Gasteiger partial charge in [0.25, 0.3) is 0 Å². The Bertz CT molecular complexity index is 500. The molecule has 128 valence electrons. The van der Waals surface area contributed by atoms with Gasteiger partial charge in [-0.3, -0.25) is 10.9 Å². The average molecular weight is 354 g/mol. The second-order valence-electron chi connectivity index (χ2n) is 5.89. The van der Waals surface area contributed by atoms with Crippen LogP contribution < -0.4 is 21.5 Å². The third kappa shape index (κ3) is 8.68. The van der Waals surface area contributed by atoms with Crippen LogP contribution in [0.15, 0.2) is 24.3 Å². The summed E-state index contributed by atoms with van der Waals surface area (Å²) in [6.07, 6.45) is 1.03. The maximum Gasteiger partial charge on any atom is 0.189 e. The van der Waals surface area contributed by atoms with Crippen LogP contribution in [0.4, 0.5) is 5.69 Å². The first-order chi connectivity index (χ1) is 10.9. The van der Waals surface area contributed by atoms with E-state index in [1.807, 2.05) is 12.1 Å². The molecule has 0 amide bonds. The monoisotopic (exact) mass is 353 g/mol. The molecule has 0 atom stereocenters. The molecular formula is C16H27N5S2. The van der Waals surface area contributed by atoms with Crippen molar-refractivity contribution in [3.05, 3.63) is 29.8 Å². The number of hydrogen-bond donors (Lipinski definition) is 4. The van der Waals surface area contributed by atoms with E-state index in [1.54, 1.807) is 0 Å². The van der Waals surface area contributed by atoms with E-state index >= 15 is 0 Å². The average Bonchev–Trinajstić information content (AvgIpc) is 2.50. The molecule has 0 radical (unpaired) electrons. The summed E-state index contributed by atoms with van der Waals surface area (Å²) in [4.78, 5) is 2.14. The Morgan fingerprint density at radius 2 is 1.65 bits per heavy atom. The Balaban J connectivity index is 2.24. The molecular weight excluding hydrogens is 326 g/mol. The van der Waals surface area contributed by atoms with E-state index in [0.29, 0.717) is 16.1 Å². The van der Waals surface area contributed by atoms with Gasteiger partial charge in [0.2, 0.25) is 0 Å². The number of anilines is 1. The van der Waals surface area contributed by atoms with Crippen molar-refractivity contribution in [3.63, 3.8) is 0 Å². The SMILES string of the molecule is CC(C)c1ccc(NC(=S)NNC(=S)NCCCN(C)C)cc1. The van der Waals surface area contributed by atoms with Crippen LogP contribution in [-0.2, 0) is 0 Å². The van der Waals surface area contributed by atoms with E-state index in [9.17, 15) is 0 Å². The van der Waals surface area contributed by atoms with Crippen molar-refractivity contribution >= 4 is 40.3 Å². The predicted molar refractivity (Wildman–Crippen MR) is 107 cm³/mol. The maximum atomic E-state index is 5.23. The summed E-state index contributed by atoms with van der Waals surface area (Å²) in [5.41, 5.74) is 7.99. The Morgan fingerprint density at radius 3 is 2.22 bits per heavy atom. The number of nitrogens with zero attached hydrogens (tertiary/aromatic N) is 1. The highest BCUT2D eigenvalue weighted by Crippen LogP contribution is 2.16. The van der Waals surface area contributed by atoms with Crippen molar-refractivity contribution in [1.29, 1.82) is 0 Å². The normalized spacial score (nSPS) is 10.5. The zero-order valence-electron chi connectivity index (χ0n) is 14.3. The Hall–Kier alpha value is -1.44. The fourth-order valence-electron chi connectivity index (χ4n) is 1.87. The molecule has 0 aliphatic carbocycles. The van der Waals surface area contributed by atoms with E-state index in [0.717, 1.165) is 25.2 Å². The molecule has 5 nitrogen and oxygen atoms in total. The predicted octanol–water partition coefficient (Wildman–Crippen LogP) is 2.43. The lowest BCUT2D eigenvalue weighted by molar-refractivity contribution is 0.400. The van der Waals surface area contributed by atoms with Crippen LogP contribution in [0, 0.1) is 0 Å². The molecule has 0 bridgehead atoms. The molecule has 0 fully saturated rings. The van der Waals surface area contributed by atoms with Crippen LogP contribution in [0.2, 0.25) is 0 Å². The third-order valence-electron chi connectivity index (χ3n) is 3.19.